The molecule has 1 fully saturated rings. The maximum atomic E-state index is 12.4. The number of carbonyl (C=O) groups is 1. The number of hydrogen-bond donors (Lipinski definition) is 0. The topological polar surface area (TPSA) is 46.1 Å². The summed E-state index contributed by atoms with van der Waals surface area (Å²) >= 11 is 5.83. The second-order valence-corrected chi connectivity index (χ2v) is 4.99. The number of amides is 1. The summed E-state index contributed by atoms with van der Waals surface area (Å²) in [4.78, 5) is 14.3. The lowest BCUT2D eigenvalue weighted by atomic mass is 9.94. The van der Waals surface area contributed by atoms with E-state index >= 15 is 0 Å². The number of hydrogen-bond acceptors (Lipinski definition) is 3. The summed E-state index contributed by atoms with van der Waals surface area (Å²) in [5, 5.41) is 7.46. The molecule has 2 rings (SSSR count). The molecule has 1 heterocycles. The van der Waals surface area contributed by atoms with Crippen molar-refractivity contribution < 1.29 is 4.79 Å². The van der Waals surface area contributed by atoms with Crippen molar-refractivity contribution in [3.8, 4) is 0 Å². The van der Waals surface area contributed by atoms with Gasteiger partial charge in [0.25, 0.3) is 5.91 Å². The summed E-state index contributed by atoms with van der Waals surface area (Å²) < 4.78 is 0. The predicted molar refractivity (Wildman–Crippen MR) is 70.7 cm³/mol. The first kappa shape index (κ1) is 13.3. The molecule has 0 spiro atoms. The maximum absolute atomic E-state index is 12.4. The normalized spacial score (nSPS) is 16.5. The lowest BCUT2D eigenvalue weighted by Gasteiger charge is -2.34. The van der Waals surface area contributed by atoms with Gasteiger partial charge < -0.3 is 4.90 Å². The molecule has 5 heteroatoms. The van der Waals surface area contributed by atoms with Gasteiger partial charge in [0.2, 0.25) is 0 Å². The van der Waals surface area contributed by atoms with Crippen LogP contribution in [-0.4, -0.2) is 39.5 Å². The molecule has 98 valence electrons. The average molecular weight is 268 g/mol. The van der Waals surface area contributed by atoms with E-state index in [1.807, 2.05) is 4.90 Å². The van der Waals surface area contributed by atoms with Crippen LogP contribution >= 0.6 is 11.6 Å². The minimum atomic E-state index is 0.0254. The molecule has 18 heavy (non-hydrogen) atoms. The van der Waals surface area contributed by atoms with E-state index < -0.39 is 0 Å². The van der Waals surface area contributed by atoms with Crippen molar-refractivity contribution in [3.63, 3.8) is 0 Å². The maximum Gasteiger partial charge on any atom is 0.255 e. The SMILES string of the molecule is O=C(c1ccnnc1)N(CCCl)C1CCCCC1. The van der Waals surface area contributed by atoms with Crippen molar-refractivity contribution in [3.05, 3.63) is 24.0 Å². The molecule has 1 aliphatic rings. The van der Waals surface area contributed by atoms with E-state index in [-0.39, 0.29) is 5.91 Å². The van der Waals surface area contributed by atoms with Gasteiger partial charge in [-0.2, -0.15) is 10.2 Å². The third-order valence-electron chi connectivity index (χ3n) is 3.43. The van der Waals surface area contributed by atoms with Crippen LogP contribution in [0.3, 0.4) is 0 Å². The molecule has 1 aromatic rings. The third kappa shape index (κ3) is 3.19. The molecule has 0 atom stereocenters. The Morgan fingerprint density at radius 2 is 2.11 bits per heavy atom. The van der Waals surface area contributed by atoms with Crippen LogP contribution in [0.15, 0.2) is 18.5 Å². The number of carbonyl (C=O) groups excluding carboxylic acids is 1. The number of alkyl halides is 1. The Morgan fingerprint density at radius 3 is 2.72 bits per heavy atom. The van der Waals surface area contributed by atoms with Crippen LogP contribution in [0.5, 0.6) is 0 Å². The van der Waals surface area contributed by atoms with Gasteiger partial charge in [0.15, 0.2) is 0 Å². The summed E-state index contributed by atoms with van der Waals surface area (Å²) in [5.74, 6) is 0.498. The lowest BCUT2D eigenvalue weighted by Crippen LogP contribution is -2.42. The predicted octanol–water partition coefficient (Wildman–Crippen LogP) is 2.49. The van der Waals surface area contributed by atoms with Crippen LogP contribution in [0, 0.1) is 0 Å². The Hall–Kier alpha value is -1.16. The zero-order valence-electron chi connectivity index (χ0n) is 10.4. The Labute approximate surface area is 112 Å². The van der Waals surface area contributed by atoms with Gasteiger partial charge in [0.05, 0.1) is 18.0 Å². The first-order chi connectivity index (χ1) is 8.83. The zero-order valence-corrected chi connectivity index (χ0v) is 11.1. The number of nitrogens with zero attached hydrogens (tertiary/aromatic N) is 3. The third-order valence-corrected chi connectivity index (χ3v) is 3.60. The van der Waals surface area contributed by atoms with E-state index in [0.29, 0.717) is 24.0 Å². The van der Waals surface area contributed by atoms with Crippen LogP contribution in [0.2, 0.25) is 0 Å². The van der Waals surface area contributed by atoms with Crippen molar-refractivity contribution >= 4 is 17.5 Å². The smallest absolute Gasteiger partial charge is 0.255 e. The molecular formula is C13H18ClN3O. The van der Waals surface area contributed by atoms with Gasteiger partial charge in [-0.25, -0.2) is 0 Å². The van der Waals surface area contributed by atoms with Crippen molar-refractivity contribution in [2.45, 2.75) is 38.1 Å². The molecule has 1 aliphatic carbocycles. The van der Waals surface area contributed by atoms with Gasteiger partial charge >= 0.3 is 0 Å². The minimum Gasteiger partial charge on any atom is -0.334 e. The summed E-state index contributed by atoms with van der Waals surface area (Å²) in [6, 6.07) is 2.04. The molecule has 0 aromatic carbocycles. The van der Waals surface area contributed by atoms with Gasteiger partial charge in [-0.1, -0.05) is 19.3 Å². The highest BCUT2D eigenvalue weighted by atomic mass is 35.5. The fourth-order valence-corrected chi connectivity index (χ4v) is 2.70. The Bertz CT molecular complexity index is 379. The van der Waals surface area contributed by atoms with E-state index in [2.05, 4.69) is 10.2 Å². The fourth-order valence-electron chi connectivity index (χ4n) is 2.52. The van der Waals surface area contributed by atoms with E-state index in [4.69, 9.17) is 11.6 Å². The number of halogens is 1. The molecule has 4 nitrogen and oxygen atoms in total. The highest BCUT2D eigenvalue weighted by molar-refractivity contribution is 6.18. The van der Waals surface area contributed by atoms with Crippen LogP contribution in [-0.2, 0) is 0 Å². The van der Waals surface area contributed by atoms with E-state index in [1.165, 1.54) is 25.5 Å². The zero-order chi connectivity index (χ0) is 12.8. The molecule has 0 N–H and O–H groups in total. The summed E-state index contributed by atoms with van der Waals surface area (Å²) in [7, 11) is 0. The molecule has 0 saturated heterocycles. The van der Waals surface area contributed by atoms with Crippen molar-refractivity contribution in [2.75, 3.05) is 12.4 Å². The Morgan fingerprint density at radius 1 is 1.33 bits per heavy atom. The van der Waals surface area contributed by atoms with Crippen molar-refractivity contribution in [1.82, 2.24) is 15.1 Å². The second kappa shape index (κ2) is 6.69. The molecular weight excluding hydrogens is 250 g/mol. The standard InChI is InChI=1S/C13H18ClN3O/c14-7-9-17(12-4-2-1-3-5-12)13(18)11-6-8-15-16-10-11/h6,8,10,12H,1-5,7,9H2. The van der Waals surface area contributed by atoms with Gasteiger partial charge in [0, 0.05) is 18.5 Å². The minimum absolute atomic E-state index is 0.0254. The number of rotatable bonds is 4. The molecule has 0 bridgehead atoms. The van der Waals surface area contributed by atoms with Crippen molar-refractivity contribution in [1.29, 1.82) is 0 Å². The van der Waals surface area contributed by atoms with Gasteiger partial charge in [-0.3, -0.25) is 4.79 Å². The summed E-state index contributed by atoms with van der Waals surface area (Å²) in [6.45, 7) is 0.605. The first-order valence-electron chi connectivity index (χ1n) is 6.46. The highest BCUT2D eigenvalue weighted by Gasteiger charge is 2.25. The first-order valence-corrected chi connectivity index (χ1v) is 7.00. The van der Waals surface area contributed by atoms with Gasteiger partial charge in [-0.15, -0.1) is 11.6 Å². The molecule has 1 amide bonds. The van der Waals surface area contributed by atoms with Gasteiger partial charge in [0.1, 0.15) is 0 Å². The summed E-state index contributed by atoms with van der Waals surface area (Å²) in [5.41, 5.74) is 0.598. The van der Waals surface area contributed by atoms with Crippen LogP contribution in [0.25, 0.3) is 0 Å². The fraction of sp³-hybridized carbons (Fsp3) is 0.615. The van der Waals surface area contributed by atoms with Crippen LogP contribution in [0.4, 0.5) is 0 Å². The highest BCUT2D eigenvalue weighted by Crippen LogP contribution is 2.23. The van der Waals surface area contributed by atoms with E-state index in [1.54, 1.807) is 12.3 Å². The van der Waals surface area contributed by atoms with Crippen LogP contribution in [0.1, 0.15) is 42.5 Å². The quantitative estimate of drug-likeness (QED) is 0.788. The molecule has 0 aliphatic heterocycles. The number of aromatic nitrogens is 2. The molecule has 0 unspecified atom stereocenters. The summed E-state index contributed by atoms with van der Waals surface area (Å²) in [6.07, 6.45) is 8.91. The van der Waals surface area contributed by atoms with Crippen LogP contribution < -0.4 is 0 Å². The average Bonchev–Trinajstić information content (AvgIpc) is 2.46. The molecule has 0 radical (unpaired) electrons. The monoisotopic (exact) mass is 267 g/mol. The Kier molecular flexibility index (Phi) is 4.93. The van der Waals surface area contributed by atoms with E-state index in [0.717, 1.165) is 12.8 Å². The van der Waals surface area contributed by atoms with Gasteiger partial charge in [-0.05, 0) is 18.9 Å². The Balaban J connectivity index is 2.11. The second-order valence-electron chi connectivity index (χ2n) is 4.61. The molecule has 1 aromatic heterocycles. The lowest BCUT2D eigenvalue weighted by molar-refractivity contribution is 0.0649. The van der Waals surface area contributed by atoms with Crippen molar-refractivity contribution in [2.24, 2.45) is 0 Å². The van der Waals surface area contributed by atoms with E-state index in [9.17, 15) is 4.79 Å². The largest absolute Gasteiger partial charge is 0.334 e. The molecule has 1 saturated carbocycles.